The van der Waals surface area contributed by atoms with Gasteiger partial charge in [0.15, 0.2) is 0 Å². The first-order valence-electron chi connectivity index (χ1n) is 7.07. The van der Waals surface area contributed by atoms with Crippen LogP contribution in [0.25, 0.3) is 0 Å². The second kappa shape index (κ2) is 4.60. The number of benzene rings is 1. The van der Waals surface area contributed by atoms with E-state index in [1.54, 1.807) is 0 Å². The lowest BCUT2D eigenvalue weighted by Gasteiger charge is -2.30. The van der Waals surface area contributed by atoms with Gasteiger partial charge in [0.1, 0.15) is 0 Å². The van der Waals surface area contributed by atoms with E-state index in [1.807, 2.05) is 0 Å². The summed E-state index contributed by atoms with van der Waals surface area (Å²) in [5.41, 5.74) is 2.96. The molecule has 0 radical (unpaired) electrons. The number of rotatable bonds is 2. The summed E-state index contributed by atoms with van der Waals surface area (Å²) in [6.45, 7) is 12.5. The van der Waals surface area contributed by atoms with Crippen molar-refractivity contribution in [2.24, 2.45) is 5.92 Å². The molecule has 0 saturated carbocycles. The summed E-state index contributed by atoms with van der Waals surface area (Å²) >= 11 is 0. The van der Waals surface area contributed by atoms with Gasteiger partial charge >= 0.3 is 0 Å². The molecule has 0 spiro atoms. The highest BCUT2D eigenvalue weighted by Gasteiger charge is 2.49. The van der Waals surface area contributed by atoms with Gasteiger partial charge in [0.2, 0.25) is 0 Å². The SMILES string of the molecule is Cc1cc(C)cc(C(O)C2CC(C)(C)OC2(C)C)c1. The molecule has 2 nitrogen and oxygen atoms in total. The third-order valence-corrected chi connectivity index (χ3v) is 4.11. The summed E-state index contributed by atoms with van der Waals surface area (Å²) < 4.78 is 6.09. The average Bonchev–Trinajstić information content (AvgIpc) is 2.44. The number of hydrogen-bond acceptors (Lipinski definition) is 2. The van der Waals surface area contributed by atoms with Crippen molar-refractivity contribution in [2.75, 3.05) is 0 Å². The van der Waals surface area contributed by atoms with Gasteiger partial charge in [0.25, 0.3) is 0 Å². The Balaban J connectivity index is 2.31. The van der Waals surface area contributed by atoms with Crippen molar-refractivity contribution in [3.8, 4) is 0 Å². The van der Waals surface area contributed by atoms with Crippen molar-refractivity contribution in [3.05, 3.63) is 34.9 Å². The summed E-state index contributed by atoms with van der Waals surface area (Å²) in [6.07, 6.45) is 0.420. The van der Waals surface area contributed by atoms with Crippen LogP contribution in [0, 0.1) is 19.8 Å². The minimum Gasteiger partial charge on any atom is -0.388 e. The topological polar surface area (TPSA) is 29.5 Å². The van der Waals surface area contributed by atoms with Crippen molar-refractivity contribution in [3.63, 3.8) is 0 Å². The van der Waals surface area contributed by atoms with Gasteiger partial charge in [-0.3, -0.25) is 0 Å². The Bertz CT molecular complexity index is 454. The van der Waals surface area contributed by atoms with Gasteiger partial charge in [-0.25, -0.2) is 0 Å². The maximum absolute atomic E-state index is 10.8. The molecule has 2 unspecified atom stereocenters. The van der Waals surface area contributed by atoms with Crippen molar-refractivity contribution < 1.29 is 9.84 Å². The van der Waals surface area contributed by atoms with Crippen LogP contribution in [0.4, 0.5) is 0 Å². The lowest BCUT2D eigenvalue weighted by Crippen LogP contribution is -2.32. The van der Waals surface area contributed by atoms with Gasteiger partial charge in [0, 0.05) is 5.92 Å². The summed E-state index contributed by atoms with van der Waals surface area (Å²) in [5, 5.41) is 10.8. The molecule has 2 rings (SSSR count). The fourth-order valence-corrected chi connectivity index (χ4v) is 3.51. The third kappa shape index (κ3) is 3.01. The Kier molecular flexibility index (Phi) is 3.53. The van der Waals surface area contributed by atoms with Crippen LogP contribution in [0.3, 0.4) is 0 Å². The van der Waals surface area contributed by atoms with Gasteiger partial charge in [-0.1, -0.05) is 29.3 Å². The fourth-order valence-electron chi connectivity index (χ4n) is 3.51. The van der Waals surface area contributed by atoms with Crippen molar-refractivity contribution >= 4 is 0 Å². The Morgan fingerprint density at radius 1 is 1.11 bits per heavy atom. The zero-order valence-electron chi connectivity index (χ0n) is 12.9. The first-order chi connectivity index (χ1) is 8.61. The molecule has 0 aromatic heterocycles. The summed E-state index contributed by atoms with van der Waals surface area (Å²) in [7, 11) is 0. The molecular weight excluding hydrogens is 236 g/mol. The van der Waals surface area contributed by atoms with Crippen molar-refractivity contribution in [1.29, 1.82) is 0 Å². The molecule has 1 aliphatic rings. The normalized spacial score (nSPS) is 26.4. The van der Waals surface area contributed by atoms with E-state index in [0.29, 0.717) is 0 Å². The molecule has 0 bridgehead atoms. The smallest absolute Gasteiger partial charge is 0.0846 e. The zero-order valence-corrected chi connectivity index (χ0v) is 12.9. The van der Waals surface area contributed by atoms with Crippen LogP contribution in [0.5, 0.6) is 0 Å². The van der Waals surface area contributed by atoms with Crippen LogP contribution in [0.15, 0.2) is 18.2 Å². The average molecular weight is 262 g/mol. The molecule has 19 heavy (non-hydrogen) atoms. The highest BCUT2D eigenvalue weighted by Crippen LogP contribution is 2.47. The van der Waals surface area contributed by atoms with Crippen molar-refractivity contribution in [1.82, 2.24) is 0 Å². The van der Waals surface area contributed by atoms with Crippen LogP contribution >= 0.6 is 0 Å². The molecule has 106 valence electrons. The predicted octanol–water partition coefficient (Wildman–Crippen LogP) is 3.93. The zero-order chi connectivity index (χ0) is 14.4. The van der Waals surface area contributed by atoms with E-state index in [9.17, 15) is 5.11 Å². The predicted molar refractivity (Wildman–Crippen MR) is 78.2 cm³/mol. The van der Waals surface area contributed by atoms with E-state index in [1.165, 1.54) is 11.1 Å². The maximum Gasteiger partial charge on any atom is 0.0846 e. The lowest BCUT2D eigenvalue weighted by atomic mass is 9.80. The van der Waals surface area contributed by atoms with Gasteiger partial charge < -0.3 is 9.84 Å². The molecule has 1 fully saturated rings. The summed E-state index contributed by atoms with van der Waals surface area (Å²) in [4.78, 5) is 0. The van der Waals surface area contributed by atoms with Crippen LogP contribution in [0.1, 0.15) is 56.9 Å². The second-order valence-electron chi connectivity index (χ2n) is 7.14. The molecule has 2 heteroatoms. The minimum absolute atomic E-state index is 0.128. The van der Waals surface area contributed by atoms with Gasteiger partial charge in [-0.2, -0.15) is 0 Å². The number of aliphatic hydroxyl groups is 1. The molecule has 2 atom stereocenters. The van der Waals surface area contributed by atoms with Gasteiger partial charge in [-0.05, 0) is 53.5 Å². The Morgan fingerprint density at radius 2 is 1.63 bits per heavy atom. The van der Waals surface area contributed by atoms with E-state index < -0.39 is 6.10 Å². The van der Waals surface area contributed by atoms with Crippen LogP contribution in [0.2, 0.25) is 0 Å². The van der Waals surface area contributed by atoms with Gasteiger partial charge in [-0.15, -0.1) is 0 Å². The number of ether oxygens (including phenoxy) is 1. The number of hydrogen-bond donors (Lipinski definition) is 1. The number of aliphatic hydroxyl groups excluding tert-OH is 1. The molecule has 1 aromatic carbocycles. The quantitative estimate of drug-likeness (QED) is 0.875. The van der Waals surface area contributed by atoms with E-state index >= 15 is 0 Å². The van der Waals surface area contributed by atoms with E-state index in [0.717, 1.165) is 12.0 Å². The van der Waals surface area contributed by atoms with Crippen molar-refractivity contribution in [2.45, 2.75) is 65.3 Å². The van der Waals surface area contributed by atoms with Gasteiger partial charge in [0.05, 0.1) is 17.3 Å². The summed E-state index contributed by atoms with van der Waals surface area (Å²) in [5.74, 6) is 0.128. The van der Waals surface area contributed by atoms with Crippen LogP contribution in [-0.4, -0.2) is 16.3 Å². The Labute approximate surface area is 116 Å². The Hall–Kier alpha value is -0.860. The molecule has 1 aliphatic heterocycles. The molecule has 1 N–H and O–H groups in total. The summed E-state index contributed by atoms with van der Waals surface area (Å²) in [6, 6.07) is 6.30. The molecular formula is C17H26O2. The number of aryl methyl sites for hydroxylation is 2. The van der Waals surface area contributed by atoms with E-state index in [2.05, 4.69) is 59.7 Å². The molecule has 1 saturated heterocycles. The third-order valence-electron chi connectivity index (χ3n) is 4.11. The highest BCUT2D eigenvalue weighted by atomic mass is 16.5. The minimum atomic E-state index is -0.463. The molecule has 0 amide bonds. The lowest BCUT2D eigenvalue weighted by molar-refractivity contribution is -0.0880. The highest BCUT2D eigenvalue weighted by molar-refractivity contribution is 5.30. The fraction of sp³-hybridized carbons (Fsp3) is 0.647. The standard InChI is InChI=1S/C17H26O2/c1-11-7-12(2)9-13(8-11)15(18)14-10-16(3,4)19-17(14,5)6/h7-9,14-15,18H,10H2,1-6H3. The molecule has 0 aliphatic carbocycles. The van der Waals surface area contributed by atoms with E-state index in [-0.39, 0.29) is 17.1 Å². The largest absolute Gasteiger partial charge is 0.388 e. The Morgan fingerprint density at radius 3 is 2.05 bits per heavy atom. The van der Waals surface area contributed by atoms with Crippen LogP contribution in [-0.2, 0) is 4.74 Å². The first-order valence-corrected chi connectivity index (χ1v) is 7.07. The molecule has 1 heterocycles. The molecule has 1 aromatic rings. The first kappa shape index (κ1) is 14.5. The van der Waals surface area contributed by atoms with Crippen LogP contribution < -0.4 is 0 Å². The second-order valence-corrected chi connectivity index (χ2v) is 7.14. The maximum atomic E-state index is 10.8. The monoisotopic (exact) mass is 262 g/mol. The van der Waals surface area contributed by atoms with E-state index in [4.69, 9.17) is 4.74 Å².